The van der Waals surface area contributed by atoms with Gasteiger partial charge in [-0.1, -0.05) is 65.5 Å². The molecule has 1 aliphatic heterocycles. The molecule has 1 aromatic heterocycles. The number of alkyl halides is 2. The van der Waals surface area contributed by atoms with Gasteiger partial charge in [0.05, 0.1) is 6.61 Å². The van der Waals surface area contributed by atoms with Crippen molar-refractivity contribution in [2.24, 2.45) is 46.3 Å². The monoisotopic (exact) mass is 675 g/mol. The fourth-order valence-electron chi connectivity index (χ4n) is 10.8. The number of nitrogens with zero attached hydrogens (tertiary/aromatic N) is 2. The average molecular weight is 676 g/mol. The standard InChI is InChI=1S/C37H55F2N3O6/c1-21(2)7-6-8-22(3)26-11-12-27-25-10-9-23-19-24(13-16-35(23,4)28(25)14-17-36(26,27)5)47-34(46)41-30-15-18-42(33(45)40-30)32-37(38,39)31(44)29(20-43)48-32/h9,15,18,21-22,24-29,31-32,43-44H,6-8,10-14,16-17,19-20H2,1-5H3,(H,40,41,45,46)/t22-,24+,25?,26-,27?,28?,29?,31?,32?,35+,36-/m1/s1. The molecule has 5 aliphatic rings. The second-order valence-corrected chi connectivity index (χ2v) is 16.5. The van der Waals surface area contributed by atoms with E-state index in [1.165, 1.54) is 56.6 Å². The molecule has 1 amide bonds. The van der Waals surface area contributed by atoms with Crippen LogP contribution < -0.4 is 11.0 Å². The lowest BCUT2D eigenvalue weighted by atomic mass is 9.47. The minimum absolute atomic E-state index is 0.112. The highest BCUT2D eigenvalue weighted by Gasteiger charge is 2.60. The lowest BCUT2D eigenvalue weighted by Crippen LogP contribution is -2.51. The van der Waals surface area contributed by atoms with Gasteiger partial charge in [-0.2, -0.15) is 13.8 Å². The summed E-state index contributed by atoms with van der Waals surface area (Å²) in [6.45, 7) is 11.4. The summed E-state index contributed by atoms with van der Waals surface area (Å²) in [5.41, 5.74) is 0.841. The molecule has 48 heavy (non-hydrogen) atoms. The molecule has 1 saturated heterocycles. The molecular formula is C37H55F2N3O6. The normalized spacial score (nSPS) is 39.2. The van der Waals surface area contributed by atoms with E-state index in [9.17, 15) is 28.6 Å². The molecule has 11 atom stereocenters. The van der Waals surface area contributed by atoms with Crippen LogP contribution in [0.3, 0.4) is 0 Å². The third kappa shape index (κ3) is 6.25. The molecule has 0 radical (unpaired) electrons. The number of aliphatic hydroxyl groups is 2. The summed E-state index contributed by atoms with van der Waals surface area (Å²) in [5, 5.41) is 21.5. The SMILES string of the molecule is CC(C)CCC[C@@H](C)[C@H]1CCC2C3CC=C4C[C@@H](OC(=O)Nc5ccn(C6OC(CO)C(O)C6(F)F)c(=O)n5)CC[C@]4(C)C3CC[C@@]21C. The van der Waals surface area contributed by atoms with Crippen LogP contribution in [0.2, 0.25) is 0 Å². The molecule has 4 aliphatic carbocycles. The number of carbonyl (C=O) groups is 1. The maximum absolute atomic E-state index is 14.5. The van der Waals surface area contributed by atoms with Gasteiger partial charge in [0.1, 0.15) is 18.0 Å². The Morgan fingerprint density at radius 1 is 1.15 bits per heavy atom. The van der Waals surface area contributed by atoms with Crippen LogP contribution in [0.5, 0.6) is 0 Å². The summed E-state index contributed by atoms with van der Waals surface area (Å²) in [6, 6.07) is 1.19. The largest absolute Gasteiger partial charge is 0.446 e. The van der Waals surface area contributed by atoms with E-state index in [4.69, 9.17) is 9.47 Å². The second kappa shape index (κ2) is 13.4. The first-order valence-corrected chi connectivity index (χ1v) is 18.3. The summed E-state index contributed by atoms with van der Waals surface area (Å²) in [5.74, 6) is 0.561. The quantitative estimate of drug-likeness (QED) is 0.239. The molecule has 4 fully saturated rings. The molecule has 0 aromatic carbocycles. The number of halogens is 2. The van der Waals surface area contributed by atoms with E-state index in [1.807, 2.05) is 0 Å². The van der Waals surface area contributed by atoms with Gasteiger partial charge in [-0.15, -0.1) is 0 Å². The van der Waals surface area contributed by atoms with Gasteiger partial charge in [0, 0.05) is 12.6 Å². The van der Waals surface area contributed by atoms with E-state index in [0.717, 1.165) is 49.1 Å². The summed E-state index contributed by atoms with van der Waals surface area (Å²) in [4.78, 5) is 29.2. The van der Waals surface area contributed by atoms with Gasteiger partial charge in [0.25, 0.3) is 0 Å². The zero-order valence-electron chi connectivity index (χ0n) is 29.2. The molecule has 0 bridgehead atoms. The Hall–Kier alpha value is -2.37. The molecular weight excluding hydrogens is 620 g/mol. The number of nitrogens with one attached hydrogen (secondary N) is 1. The molecule has 9 nitrogen and oxygen atoms in total. The van der Waals surface area contributed by atoms with Crippen LogP contribution in [0.1, 0.15) is 111 Å². The zero-order valence-corrected chi connectivity index (χ0v) is 29.2. The number of fused-ring (bicyclic) bond motifs is 5. The third-order valence-electron chi connectivity index (χ3n) is 13.4. The van der Waals surface area contributed by atoms with Crippen molar-refractivity contribution in [2.45, 2.75) is 136 Å². The van der Waals surface area contributed by atoms with E-state index in [0.29, 0.717) is 28.2 Å². The van der Waals surface area contributed by atoms with Crippen LogP contribution in [0.15, 0.2) is 28.7 Å². The molecule has 0 spiro atoms. The lowest BCUT2D eigenvalue weighted by Gasteiger charge is -2.58. The number of hydrogen-bond acceptors (Lipinski definition) is 7. The molecule has 268 valence electrons. The van der Waals surface area contributed by atoms with Crippen molar-refractivity contribution in [3.05, 3.63) is 34.4 Å². The van der Waals surface area contributed by atoms with E-state index in [2.05, 4.69) is 51.0 Å². The van der Waals surface area contributed by atoms with E-state index in [1.54, 1.807) is 0 Å². The number of aliphatic hydroxyl groups excluding tert-OH is 2. The number of anilines is 1. The number of ether oxygens (including phenoxy) is 2. The molecule has 1 aromatic rings. The van der Waals surface area contributed by atoms with E-state index in [-0.39, 0.29) is 17.3 Å². The van der Waals surface area contributed by atoms with E-state index >= 15 is 0 Å². The first kappa shape index (κ1) is 35.5. The van der Waals surface area contributed by atoms with Gasteiger partial charge in [0.2, 0.25) is 6.23 Å². The van der Waals surface area contributed by atoms with Crippen molar-refractivity contribution in [1.29, 1.82) is 0 Å². The molecule has 11 heteroatoms. The number of aromatic nitrogens is 2. The van der Waals surface area contributed by atoms with Crippen molar-refractivity contribution in [2.75, 3.05) is 11.9 Å². The minimum atomic E-state index is -3.82. The second-order valence-electron chi connectivity index (χ2n) is 16.5. The number of amides is 1. The van der Waals surface area contributed by atoms with Crippen LogP contribution in [-0.2, 0) is 9.47 Å². The Labute approximate surface area is 282 Å². The topological polar surface area (TPSA) is 123 Å². The van der Waals surface area contributed by atoms with E-state index < -0.39 is 42.7 Å². The molecule has 3 N–H and O–H groups in total. The highest BCUT2D eigenvalue weighted by Crippen LogP contribution is 2.67. The van der Waals surface area contributed by atoms with Gasteiger partial charge < -0.3 is 19.7 Å². The summed E-state index contributed by atoms with van der Waals surface area (Å²) >= 11 is 0. The average Bonchev–Trinajstić information content (AvgIpc) is 3.49. The van der Waals surface area contributed by atoms with Gasteiger partial charge in [0.15, 0.2) is 6.10 Å². The lowest BCUT2D eigenvalue weighted by molar-refractivity contribution is -0.140. The summed E-state index contributed by atoms with van der Waals surface area (Å²) < 4.78 is 40.4. The molecule has 2 heterocycles. The maximum Gasteiger partial charge on any atom is 0.413 e. The van der Waals surface area contributed by atoms with Crippen molar-refractivity contribution in [3.63, 3.8) is 0 Å². The van der Waals surface area contributed by atoms with Crippen LogP contribution in [0.4, 0.5) is 19.4 Å². The Morgan fingerprint density at radius 2 is 1.92 bits per heavy atom. The van der Waals surface area contributed by atoms with Gasteiger partial charge in [-0.3, -0.25) is 9.88 Å². The predicted octanol–water partition coefficient (Wildman–Crippen LogP) is 7.09. The fraction of sp³-hybridized carbons (Fsp3) is 0.811. The highest BCUT2D eigenvalue weighted by atomic mass is 19.3. The number of carbonyl (C=O) groups excluding carboxylic acids is 1. The molecule has 3 saturated carbocycles. The number of hydrogen-bond donors (Lipinski definition) is 3. The Kier molecular flexibility index (Phi) is 9.90. The Balaban J connectivity index is 1.06. The summed E-state index contributed by atoms with van der Waals surface area (Å²) in [7, 11) is 0. The van der Waals surface area contributed by atoms with Crippen LogP contribution >= 0.6 is 0 Å². The number of allylic oxidation sites excluding steroid dienone is 1. The Morgan fingerprint density at radius 3 is 2.60 bits per heavy atom. The van der Waals surface area contributed by atoms with Gasteiger partial charge >= 0.3 is 17.7 Å². The Bertz CT molecular complexity index is 1430. The van der Waals surface area contributed by atoms with Gasteiger partial charge in [-0.05, 0) is 97.3 Å². The van der Waals surface area contributed by atoms with Crippen molar-refractivity contribution >= 4 is 11.9 Å². The van der Waals surface area contributed by atoms with Crippen molar-refractivity contribution < 1.29 is 33.3 Å². The van der Waals surface area contributed by atoms with Crippen LogP contribution in [0, 0.1) is 46.3 Å². The highest BCUT2D eigenvalue weighted by molar-refractivity contribution is 5.83. The van der Waals surface area contributed by atoms with Crippen LogP contribution in [-0.4, -0.2) is 56.7 Å². The van der Waals surface area contributed by atoms with Crippen molar-refractivity contribution in [3.8, 4) is 0 Å². The number of rotatable bonds is 9. The fourth-order valence-corrected chi connectivity index (χ4v) is 10.8. The summed E-state index contributed by atoms with van der Waals surface area (Å²) in [6.07, 6.45) is 9.24. The molecule has 6 rings (SSSR count). The van der Waals surface area contributed by atoms with Gasteiger partial charge in [-0.25, -0.2) is 9.59 Å². The van der Waals surface area contributed by atoms with Crippen molar-refractivity contribution in [1.82, 2.24) is 9.55 Å². The maximum atomic E-state index is 14.5. The zero-order chi connectivity index (χ0) is 34.6. The van der Waals surface area contributed by atoms with Crippen LogP contribution in [0.25, 0.3) is 0 Å². The first-order chi connectivity index (χ1) is 22.7. The third-order valence-corrected chi connectivity index (χ3v) is 13.4. The molecule has 6 unspecified atom stereocenters. The smallest absolute Gasteiger partial charge is 0.413 e. The first-order valence-electron chi connectivity index (χ1n) is 18.3. The minimum Gasteiger partial charge on any atom is -0.446 e. The predicted molar refractivity (Wildman–Crippen MR) is 177 cm³/mol.